The number of methoxy groups -OCH3 is 1. The van der Waals surface area contributed by atoms with Gasteiger partial charge in [-0.2, -0.15) is 0 Å². The van der Waals surface area contributed by atoms with Crippen LogP contribution in [-0.2, 0) is 16.1 Å². The van der Waals surface area contributed by atoms with Crippen LogP contribution in [0.4, 0.5) is 0 Å². The molecule has 0 saturated carbocycles. The maximum Gasteiger partial charge on any atom is 0.237 e. The minimum absolute atomic E-state index is 0. The summed E-state index contributed by atoms with van der Waals surface area (Å²) in [7, 11) is 1.64. The molecule has 0 aliphatic carbocycles. The fourth-order valence-corrected chi connectivity index (χ4v) is 2.20. The van der Waals surface area contributed by atoms with Crippen LogP contribution < -0.4 is 5.32 Å². The highest BCUT2D eigenvalue weighted by atomic mass is 35.5. The van der Waals surface area contributed by atoms with Gasteiger partial charge in [-0.05, 0) is 11.4 Å². The van der Waals surface area contributed by atoms with Crippen LogP contribution in [0.5, 0.6) is 0 Å². The molecular formula is C13H21ClN2O2S. The van der Waals surface area contributed by atoms with E-state index in [9.17, 15) is 4.79 Å². The van der Waals surface area contributed by atoms with Gasteiger partial charge in [-0.1, -0.05) is 12.1 Å². The van der Waals surface area contributed by atoms with Gasteiger partial charge in [0.1, 0.15) is 0 Å². The maximum absolute atomic E-state index is 12.0. The summed E-state index contributed by atoms with van der Waals surface area (Å²) in [5.74, 6) is 0.0828. The topological polar surface area (TPSA) is 41.6 Å². The minimum Gasteiger partial charge on any atom is -0.383 e. The molecule has 108 valence electrons. The summed E-state index contributed by atoms with van der Waals surface area (Å²) in [6.45, 7) is 6.54. The van der Waals surface area contributed by atoms with Crippen molar-refractivity contribution in [1.82, 2.24) is 10.2 Å². The lowest BCUT2D eigenvalue weighted by Gasteiger charge is -2.20. The van der Waals surface area contributed by atoms with Crippen molar-refractivity contribution >= 4 is 29.7 Å². The SMILES string of the molecule is C=CCN(Cc1cccs1)C(=O)CNCCOC.Cl. The number of hydrogen-bond acceptors (Lipinski definition) is 4. The fraction of sp³-hybridized carbons (Fsp3) is 0.462. The van der Waals surface area contributed by atoms with Gasteiger partial charge >= 0.3 is 0 Å². The molecule has 0 spiro atoms. The molecular weight excluding hydrogens is 284 g/mol. The molecule has 1 amide bonds. The first kappa shape index (κ1) is 18.1. The molecule has 0 fully saturated rings. The average molecular weight is 305 g/mol. The van der Waals surface area contributed by atoms with E-state index in [0.29, 0.717) is 32.8 Å². The Morgan fingerprint density at radius 3 is 3.00 bits per heavy atom. The molecule has 4 nitrogen and oxygen atoms in total. The summed E-state index contributed by atoms with van der Waals surface area (Å²) in [6, 6.07) is 4.03. The molecule has 0 aliphatic heterocycles. The summed E-state index contributed by atoms with van der Waals surface area (Å²) in [6.07, 6.45) is 1.75. The Balaban J connectivity index is 0.00000324. The van der Waals surface area contributed by atoms with Crippen LogP contribution >= 0.6 is 23.7 Å². The van der Waals surface area contributed by atoms with E-state index < -0.39 is 0 Å². The van der Waals surface area contributed by atoms with Crippen LogP contribution in [0.1, 0.15) is 4.88 Å². The summed E-state index contributed by atoms with van der Waals surface area (Å²) in [4.78, 5) is 15.0. The third-order valence-electron chi connectivity index (χ3n) is 2.39. The average Bonchev–Trinajstić information content (AvgIpc) is 2.87. The number of rotatable bonds is 9. The quantitative estimate of drug-likeness (QED) is 0.560. The van der Waals surface area contributed by atoms with Crippen molar-refractivity contribution in [1.29, 1.82) is 0 Å². The van der Waals surface area contributed by atoms with Crippen LogP contribution in [0.15, 0.2) is 30.2 Å². The van der Waals surface area contributed by atoms with Gasteiger partial charge in [-0.15, -0.1) is 30.3 Å². The first-order chi connectivity index (χ1) is 8.77. The molecule has 0 saturated heterocycles. The Kier molecular flexibility index (Phi) is 10.5. The Morgan fingerprint density at radius 2 is 2.42 bits per heavy atom. The smallest absolute Gasteiger partial charge is 0.237 e. The Hall–Kier alpha value is -0.880. The number of carbonyl (C=O) groups is 1. The highest BCUT2D eigenvalue weighted by Crippen LogP contribution is 2.11. The van der Waals surface area contributed by atoms with Crippen molar-refractivity contribution in [3.63, 3.8) is 0 Å². The van der Waals surface area contributed by atoms with Gasteiger partial charge in [0, 0.05) is 25.1 Å². The number of carbonyl (C=O) groups excluding carboxylic acids is 1. The van der Waals surface area contributed by atoms with E-state index >= 15 is 0 Å². The lowest BCUT2D eigenvalue weighted by molar-refractivity contribution is -0.130. The van der Waals surface area contributed by atoms with Crippen LogP contribution in [0.3, 0.4) is 0 Å². The maximum atomic E-state index is 12.0. The zero-order valence-electron chi connectivity index (χ0n) is 11.1. The van der Waals surface area contributed by atoms with Crippen molar-refractivity contribution in [2.45, 2.75) is 6.54 Å². The van der Waals surface area contributed by atoms with Gasteiger partial charge in [0.25, 0.3) is 0 Å². The molecule has 1 N–H and O–H groups in total. The van der Waals surface area contributed by atoms with E-state index in [0.717, 1.165) is 0 Å². The van der Waals surface area contributed by atoms with E-state index in [1.165, 1.54) is 4.88 Å². The predicted octanol–water partition coefficient (Wildman–Crippen LogP) is 1.92. The third-order valence-corrected chi connectivity index (χ3v) is 3.25. The highest BCUT2D eigenvalue weighted by Gasteiger charge is 2.12. The van der Waals surface area contributed by atoms with Gasteiger partial charge in [0.2, 0.25) is 5.91 Å². The van der Waals surface area contributed by atoms with Gasteiger partial charge in [-0.25, -0.2) is 0 Å². The zero-order valence-corrected chi connectivity index (χ0v) is 12.8. The van der Waals surface area contributed by atoms with Crippen molar-refractivity contribution in [3.05, 3.63) is 35.0 Å². The number of nitrogens with zero attached hydrogens (tertiary/aromatic N) is 1. The number of nitrogens with one attached hydrogen (secondary N) is 1. The van der Waals surface area contributed by atoms with Crippen molar-refractivity contribution in [2.75, 3.05) is 33.4 Å². The standard InChI is InChI=1S/C13H20N2O2S.ClH/c1-3-7-15(11-12-5-4-9-18-12)13(16)10-14-6-8-17-2;/h3-5,9,14H,1,6-8,10-11H2,2H3;1H. The predicted molar refractivity (Wildman–Crippen MR) is 81.9 cm³/mol. The second-order valence-electron chi connectivity index (χ2n) is 3.81. The van der Waals surface area contributed by atoms with Gasteiger partial charge < -0.3 is 15.0 Å². The summed E-state index contributed by atoms with van der Waals surface area (Å²) < 4.78 is 4.91. The van der Waals surface area contributed by atoms with Crippen molar-refractivity contribution in [2.24, 2.45) is 0 Å². The molecule has 0 atom stereocenters. The minimum atomic E-state index is 0. The van der Waals surface area contributed by atoms with Crippen LogP contribution in [0.25, 0.3) is 0 Å². The van der Waals surface area contributed by atoms with Crippen LogP contribution in [-0.4, -0.2) is 44.2 Å². The molecule has 1 aromatic rings. The number of hydrogen-bond donors (Lipinski definition) is 1. The Morgan fingerprint density at radius 1 is 1.63 bits per heavy atom. The summed E-state index contributed by atoms with van der Waals surface area (Å²) in [5, 5.41) is 5.07. The molecule has 0 aliphatic rings. The van der Waals surface area contributed by atoms with Gasteiger partial charge in [0.05, 0.1) is 19.7 Å². The van der Waals surface area contributed by atoms with Crippen LogP contribution in [0, 0.1) is 0 Å². The van der Waals surface area contributed by atoms with E-state index in [1.807, 2.05) is 17.5 Å². The lowest BCUT2D eigenvalue weighted by Crippen LogP contribution is -2.38. The lowest BCUT2D eigenvalue weighted by atomic mass is 10.3. The van der Waals surface area contributed by atoms with E-state index in [2.05, 4.69) is 11.9 Å². The van der Waals surface area contributed by atoms with Crippen molar-refractivity contribution < 1.29 is 9.53 Å². The number of ether oxygens (including phenoxy) is 1. The van der Waals surface area contributed by atoms with E-state index in [1.54, 1.807) is 29.4 Å². The first-order valence-corrected chi connectivity index (χ1v) is 6.76. The van der Waals surface area contributed by atoms with Gasteiger partial charge in [-0.3, -0.25) is 4.79 Å². The van der Waals surface area contributed by atoms with Crippen LogP contribution in [0.2, 0.25) is 0 Å². The molecule has 1 aromatic heterocycles. The Bertz CT molecular complexity index is 358. The molecule has 6 heteroatoms. The van der Waals surface area contributed by atoms with E-state index in [4.69, 9.17) is 4.74 Å². The van der Waals surface area contributed by atoms with Crippen molar-refractivity contribution in [3.8, 4) is 0 Å². The fourth-order valence-electron chi connectivity index (χ4n) is 1.48. The highest BCUT2D eigenvalue weighted by molar-refractivity contribution is 7.09. The van der Waals surface area contributed by atoms with E-state index in [-0.39, 0.29) is 18.3 Å². The summed E-state index contributed by atoms with van der Waals surface area (Å²) in [5.41, 5.74) is 0. The summed E-state index contributed by atoms with van der Waals surface area (Å²) >= 11 is 1.66. The monoisotopic (exact) mass is 304 g/mol. The molecule has 0 bridgehead atoms. The normalized spacial score (nSPS) is 9.74. The number of amides is 1. The second-order valence-corrected chi connectivity index (χ2v) is 4.84. The Labute approximate surface area is 124 Å². The largest absolute Gasteiger partial charge is 0.383 e. The third kappa shape index (κ3) is 7.32. The molecule has 0 radical (unpaired) electrons. The molecule has 0 aromatic carbocycles. The second kappa shape index (κ2) is 11.0. The number of halogens is 1. The molecule has 0 unspecified atom stereocenters. The van der Waals surface area contributed by atoms with Gasteiger partial charge in [0.15, 0.2) is 0 Å². The number of thiophene rings is 1. The zero-order chi connectivity index (χ0) is 13.2. The molecule has 1 heterocycles. The molecule has 19 heavy (non-hydrogen) atoms. The first-order valence-electron chi connectivity index (χ1n) is 5.88. The molecule has 1 rings (SSSR count).